The minimum Gasteiger partial charge on any atom is -0.447 e. The lowest BCUT2D eigenvalue weighted by molar-refractivity contribution is 0.197. The Hall–Kier alpha value is -0.910. The van der Waals surface area contributed by atoms with Crippen LogP contribution in [0.4, 0.5) is 0 Å². The molecule has 0 saturated carbocycles. The van der Waals surface area contributed by atoms with Crippen LogP contribution >= 0.6 is 0 Å². The molecule has 1 rings (SSSR count). The van der Waals surface area contributed by atoms with E-state index < -0.39 is 0 Å². The monoisotopic (exact) mass is 213 g/mol. The summed E-state index contributed by atoms with van der Waals surface area (Å²) in [6.07, 6.45) is 3.20. The molecule has 0 aliphatic heterocycles. The summed E-state index contributed by atoms with van der Waals surface area (Å²) in [5.41, 5.74) is 0. The van der Waals surface area contributed by atoms with E-state index in [0.717, 1.165) is 38.5 Å². The van der Waals surface area contributed by atoms with E-state index in [4.69, 9.17) is 9.15 Å². The fourth-order valence-electron chi connectivity index (χ4n) is 1.23. The second-order valence-corrected chi connectivity index (χ2v) is 3.45. The van der Waals surface area contributed by atoms with Gasteiger partial charge in [-0.15, -0.1) is 0 Å². The zero-order valence-corrected chi connectivity index (χ0v) is 9.40. The van der Waals surface area contributed by atoms with E-state index >= 15 is 0 Å². The highest BCUT2D eigenvalue weighted by molar-refractivity contribution is 4.87. The number of rotatable bonds is 8. The van der Waals surface area contributed by atoms with Gasteiger partial charge in [-0.2, -0.15) is 0 Å². The van der Waals surface area contributed by atoms with Crippen LogP contribution in [-0.2, 0) is 11.3 Å². The fourth-order valence-corrected chi connectivity index (χ4v) is 1.23. The van der Waals surface area contributed by atoms with Gasteiger partial charge >= 0.3 is 0 Å². The largest absolute Gasteiger partial charge is 0.447 e. The normalized spacial score (nSPS) is 11.1. The Morgan fingerprint density at radius 2 is 2.40 bits per heavy atom. The first-order valence-electron chi connectivity index (χ1n) is 5.08. The predicted octanol–water partition coefficient (Wildman–Crippen LogP) is 0.342. The summed E-state index contributed by atoms with van der Waals surface area (Å²) in [6.45, 7) is 4.38. The van der Waals surface area contributed by atoms with Gasteiger partial charge < -0.3 is 14.5 Å². The Morgan fingerprint density at radius 3 is 3.07 bits per heavy atom. The summed E-state index contributed by atoms with van der Waals surface area (Å²) in [5.74, 6) is 0.898. The van der Waals surface area contributed by atoms with Crippen LogP contribution in [0.25, 0.3) is 0 Å². The van der Waals surface area contributed by atoms with Crippen molar-refractivity contribution < 1.29 is 9.15 Å². The molecule has 0 saturated heterocycles. The number of methoxy groups -OCH3 is 1. The molecule has 0 spiro atoms. The summed E-state index contributed by atoms with van der Waals surface area (Å²) in [6, 6.07) is 0. The first kappa shape index (κ1) is 12.2. The lowest BCUT2D eigenvalue weighted by Crippen LogP contribution is -2.30. The van der Waals surface area contributed by atoms with E-state index in [0.29, 0.717) is 0 Å². The molecule has 5 nitrogen and oxygen atoms in total. The maximum Gasteiger partial charge on any atom is 0.180 e. The van der Waals surface area contributed by atoms with Gasteiger partial charge in [0.25, 0.3) is 0 Å². The highest BCUT2D eigenvalue weighted by Gasteiger charge is 2.01. The number of hydrogen-bond acceptors (Lipinski definition) is 5. The molecule has 15 heavy (non-hydrogen) atoms. The van der Waals surface area contributed by atoms with Gasteiger partial charge in [-0.1, -0.05) is 0 Å². The van der Waals surface area contributed by atoms with Crippen LogP contribution in [0.3, 0.4) is 0 Å². The van der Waals surface area contributed by atoms with Crippen molar-refractivity contribution in [2.24, 2.45) is 0 Å². The minimum atomic E-state index is 0.756. The summed E-state index contributed by atoms with van der Waals surface area (Å²) in [4.78, 5) is 6.05. The van der Waals surface area contributed by atoms with E-state index in [-0.39, 0.29) is 0 Å². The van der Waals surface area contributed by atoms with Crippen LogP contribution in [0.15, 0.2) is 17.0 Å². The van der Waals surface area contributed by atoms with Crippen molar-refractivity contribution in [1.82, 2.24) is 15.2 Å². The second-order valence-electron chi connectivity index (χ2n) is 3.45. The first-order chi connectivity index (χ1) is 7.33. The SMILES string of the molecule is COCCNCCN(C)Cc1cnco1. The van der Waals surface area contributed by atoms with Gasteiger partial charge in [0, 0.05) is 26.7 Å². The third-order valence-corrected chi connectivity index (χ3v) is 2.06. The van der Waals surface area contributed by atoms with Crippen LogP contribution in [0.2, 0.25) is 0 Å². The van der Waals surface area contributed by atoms with E-state index in [1.807, 2.05) is 0 Å². The van der Waals surface area contributed by atoms with E-state index in [9.17, 15) is 0 Å². The second kappa shape index (κ2) is 7.39. The Kier molecular flexibility index (Phi) is 5.99. The third kappa shape index (κ3) is 5.51. The van der Waals surface area contributed by atoms with Gasteiger partial charge in [-0.05, 0) is 7.05 Å². The maximum atomic E-state index is 5.16. The van der Waals surface area contributed by atoms with Crippen molar-refractivity contribution in [1.29, 1.82) is 0 Å². The van der Waals surface area contributed by atoms with Crippen LogP contribution in [0, 0.1) is 0 Å². The molecule has 0 radical (unpaired) electrons. The summed E-state index contributed by atoms with van der Waals surface area (Å²) in [5, 5.41) is 3.28. The summed E-state index contributed by atoms with van der Waals surface area (Å²) >= 11 is 0. The molecule has 0 amide bonds. The van der Waals surface area contributed by atoms with Gasteiger partial charge in [-0.3, -0.25) is 4.90 Å². The summed E-state index contributed by atoms with van der Waals surface area (Å²) < 4.78 is 10.1. The number of likely N-dealkylation sites (N-methyl/N-ethyl adjacent to an activating group) is 1. The van der Waals surface area contributed by atoms with Gasteiger partial charge in [0.05, 0.1) is 19.3 Å². The smallest absolute Gasteiger partial charge is 0.180 e. The third-order valence-electron chi connectivity index (χ3n) is 2.06. The number of nitrogens with zero attached hydrogens (tertiary/aromatic N) is 2. The lowest BCUT2D eigenvalue weighted by atomic mass is 10.4. The van der Waals surface area contributed by atoms with Crippen LogP contribution in [-0.4, -0.2) is 50.3 Å². The first-order valence-corrected chi connectivity index (χ1v) is 5.08. The number of nitrogens with one attached hydrogen (secondary N) is 1. The molecule has 1 heterocycles. The number of ether oxygens (including phenoxy) is 1. The molecule has 86 valence electrons. The zero-order chi connectivity index (χ0) is 10.9. The Bertz CT molecular complexity index is 239. The molecule has 1 aromatic heterocycles. The van der Waals surface area contributed by atoms with E-state index in [2.05, 4.69) is 22.2 Å². The maximum absolute atomic E-state index is 5.16. The number of hydrogen-bond donors (Lipinski definition) is 1. The molecular weight excluding hydrogens is 194 g/mol. The van der Waals surface area contributed by atoms with Crippen molar-refractivity contribution in [3.63, 3.8) is 0 Å². The van der Waals surface area contributed by atoms with Crippen LogP contribution < -0.4 is 5.32 Å². The molecule has 0 aliphatic carbocycles. The molecule has 0 bridgehead atoms. The van der Waals surface area contributed by atoms with Gasteiger partial charge in [0.1, 0.15) is 5.76 Å². The van der Waals surface area contributed by atoms with Gasteiger partial charge in [0.15, 0.2) is 6.39 Å². The molecule has 5 heteroatoms. The lowest BCUT2D eigenvalue weighted by Gasteiger charge is -2.14. The van der Waals surface area contributed by atoms with Crippen LogP contribution in [0.5, 0.6) is 0 Å². The van der Waals surface area contributed by atoms with E-state index in [1.54, 1.807) is 13.3 Å². The quantitative estimate of drug-likeness (QED) is 0.631. The molecule has 0 unspecified atom stereocenters. The average Bonchev–Trinajstić information content (AvgIpc) is 2.70. The molecule has 0 atom stereocenters. The van der Waals surface area contributed by atoms with Crippen molar-refractivity contribution in [3.05, 3.63) is 18.4 Å². The highest BCUT2D eigenvalue weighted by atomic mass is 16.5. The van der Waals surface area contributed by atoms with Crippen molar-refractivity contribution in [2.75, 3.05) is 40.4 Å². The van der Waals surface area contributed by atoms with Crippen molar-refractivity contribution in [3.8, 4) is 0 Å². The topological polar surface area (TPSA) is 50.5 Å². The fraction of sp³-hybridized carbons (Fsp3) is 0.700. The molecular formula is C10H19N3O2. The van der Waals surface area contributed by atoms with Crippen molar-refractivity contribution in [2.45, 2.75) is 6.54 Å². The average molecular weight is 213 g/mol. The number of oxazole rings is 1. The zero-order valence-electron chi connectivity index (χ0n) is 9.40. The predicted molar refractivity (Wildman–Crippen MR) is 57.6 cm³/mol. The Labute approximate surface area is 90.4 Å². The van der Waals surface area contributed by atoms with E-state index in [1.165, 1.54) is 6.39 Å². The van der Waals surface area contributed by atoms with Gasteiger partial charge in [0.2, 0.25) is 0 Å². The van der Waals surface area contributed by atoms with Crippen LogP contribution in [0.1, 0.15) is 5.76 Å². The van der Waals surface area contributed by atoms with Gasteiger partial charge in [-0.25, -0.2) is 4.98 Å². The molecule has 1 N–H and O–H groups in total. The molecule has 0 aromatic carbocycles. The van der Waals surface area contributed by atoms with Crippen molar-refractivity contribution >= 4 is 0 Å². The Balaban J connectivity index is 2.01. The molecule has 1 aromatic rings. The molecule has 0 fully saturated rings. The Morgan fingerprint density at radius 1 is 1.53 bits per heavy atom. The number of aromatic nitrogens is 1. The highest BCUT2D eigenvalue weighted by Crippen LogP contribution is 1.99. The standard InChI is InChI=1S/C10H19N3O2/c1-13(5-3-11-4-6-14-2)8-10-7-12-9-15-10/h7,9,11H,3-6,8H2,1-2H3. The minimum absolute atomic E-state index is 0.756. The summed E-state index contributed by atoms with van der Waals surface area (Å²) in [7, 11) is 3.76. The molecule has 0 aliphatic rings.